The molecule has 42 heavy (non-hydrogen) atoms. The lowest BCUT2D eigenvalue weighted by atomic mass is 10.2. The Kier molecular flexibility index (Phi) is 9.22. The zero-order chi connectivity index (χ0) is 30.2. The van der Waals surface area contributed by atoms with E-state index in [2.05, 4.69) is 25.6 Å². The molecule has 0 atom stereocenters. The molecule has 0 bridgehead atoms. The van der Waals surface area contributed by atoms with E-state index in [9.17, 15) is 28.8 Å². The molecule has 2 heterocycles. The number of aliphatic imine (C=N–C) groups is 1. The minimum atomic E-state index is -0.562. The summed E-state index contributed by atoms with van der Waals surface area (Å²) < 4.78 is 2.58. The normalized spacial score (nSPS) is 11.0. The van der Waals surface area contributed by atoms with E-state index < -0.39 is 22.5 Å². The van der Waals surface area contributed by atoms with E-state index in [1.807, 2.05) is 0 Å². The summed E-state index contributed by atoms with van der Waals surface area (Å²) in [6.45, 7) is 3.43. The highest BCUT2D eigenvalue weighted by Crippen LogP contribution is 2.17. The monoisotopic (exact) mass is 571 g/mol. The van der Waals surface area contributed by atoms with Gasteiger partial charge in [-0.3, -0.25) is 43.3 Å². The fourth-order valence-electron chi connectivity index (χ4n) is 3.89. The first kappa shape index (κ1) is 29.4. The molecule has 0 aliphatic rings. The number of aryl methyl sites for hydroxylation is 4. The average molecular weight is 572 g/mol. The van der Waals surface area contributed by atoms with Crippen molar-refractivity contribution in [2.45, 2.75) is 39.8 Å². The quantitative estimate of drug-likeness (QED) is 0.211. The number of carbonyl (C=O) groups is 2. The van der Waals surface area contributed by atoms with Gasteiger partial charge in [-0.05, 0) is 55.8 Å². The van der Waals surface area contributed by atoms with Gasteiger partial charge in [-0.15, -0.1) is 0 Å². The number of anilines is 2. The third-order valence-corrected chi connectivity index (χ3v) is 6.25. The second-order valence-electron chi connectivity index (χ2n) is 9.55. The first-order valence-corrected chi connectivity index (χ1v) is 13.0. The van der Waals surface area contributed by atoms with E-state index in [1.54, 1.807) is 68.6 Å². The molecule has 0 saturated carbocycles. The number of aromatic nitrogens is 4. The van der Waals surface area contributed by atoms with E-state index >= 15 is 0 Å². The van der Waals surface area contributed by atoms with Crippen molar-refractivity contribution < 1.29 is 9.59 Å². The van der Waals surface area contributed by atoms with Crippen LogP contribution in [0.1, 0.15) is 29.5 Å². The van der Waals surface area contributed by atoms with Gasteiger partial charge >= 0.3 is 11.4 Å². The van der Waals surface area contributed by atoms with E-state index in [1.165, 1.54) is 21.5 Å². The van der Waals surface area contributed by atoms with E-state index in [-0.39, 0.29) is 37.7 Å². The fourth-order valence-corrected chi connectivity index (χ4v) is 3.89. The van der Waals surface area contributed by atoms with Crippen LogP contribution in [-0.2, 0) is 22.7 Å². The number of H-pyrrole nitrogens is 2. The number of hydrogen-bond acceptors (Lipinski definition) is 7. The molecule has 0 aliphatic heterocycles. The summed E-state index contributed by atoms with van der Waals surface area (Å²) in [7, 11) is 0. The standard InChI is InChI=1S/C29H29N7O6/c1-18-16-35(28(41)33-26(18)39)13-11-24(37)31-22-5-3-20(4-6-22)15-30-21-7-9-23(10-8-21)32-25(38)12-14-36-17-19(2)27(40)34-29(36)42/h3-10,15-17H,11-14H2,1-2H3,(H,31,37)(H,32,38)(H,33,39,41)(H,34,40,42)/b30-15+. The molecule has 13 heteroatoms. The molecule has 2 aromatic carbocycles. The summed E-state index contributed by atoms with van der Waals surface area (Å²) in [4.78, 5) is 80.1. The van der Waals surface area contributed by atoms with Gasteiger partial charge in [-0.1, -0.05) is 12.1 Å². The fraction of sp³-hybridized carbons (Fsp3) is 0.207. The van der Waals surface area contributed by atoms with E-state index in [4.69, 9.17) is 0 Å². The molecule has 4 rings (SSSR count). The Balaban J connectivity index is 1.25. The number of amides is 2. The number of benzene rings is 2. The molecule has 0 radical (unpaired) electrons. The van der Waals surface area contributed by atoms with Crippen LogP contribution < -0.4 is 33.1 Å². The van der Waals surface area contributed by atoms with Crippen molar-refractivity contribution in [1.82, 2.24) is 19.1 Å². The molecular formula is C29H29N7O6. The van der Waals surface area contributed by atoms with Gasteiger partial charge in [-0.25, -0.2) is 9.59 Å². The van der Waals surface area contributed by atoms with E-state index in [0.29, 0.717) is 28.2 Å². The maximum absolute atomic E-state index is 12.3. The number of hydrogen-bond donors (Lipinski definition) is 4. The zero-order valence-electron chi connectivity index (χ0n) is 23.0. The van der Waals surface area contributed by atoms with Gasteiger partial charge in [-0.2, -0.15) is 0 Å². The van der Waals surface area contributed by atoms with Gasteiger partial charge in [0.15, 0.2) is 0 Å². The largest absolute Gasteiger partial charge is 0.328 e. The van der Waals surface area contributed by atoms with Gasteiger partial charge in [0, 0.05) is 67.0 Å². The molecule has 0 unspecified atom stereocenters. The Bertz CT molecular complexity index is 1730. The predicted octanol–water partition coefficient (Wildman–Crippen LogP) is 1.81. The minimum absolute atomic E-state index is 0.0521. The van der Waals surface area contributed by atoms with Crippen LogP contribution >= 0.6 is 0 Å². The highest BCUT2D eigenvalue weighted by Gasteiger charge is 2.07. The van der Waals surface area contributed by atoms with Gasteiger partial charge in [0.2, 0.25) is 11.8 Å². The van der Waals surface area contributed by atoms with Crippen LogP contribution in [0.4, 0.5) is 17.1 Å². The average Bonchev–Trinajstić information content (AvgIpc) is 2.96. The molecule has 0 saturated heterocycles. The molecule has 0 fully saturated rings. The molecule has 4 N–H and O–H groups in total. The number of nitrogens with one attached hydrogen (secondary N) is 4. The number of carbonyl (C=O) groups excluding carboxylic acids is 2. The van der Waals surface area contributed by atoms with Crippen molar-refractivity contribution >= 4 is 35.1 Å². The highest BCUT2D eigenvalue weighted by atomic mass is 16.2. The van der Waals surface area contributed by atoms with Crippen LogP contribution in [0.2, 0.25) is 0 Å². The molecule has 0 aliphatic carbocycles. The number of nitrogens with zero attached hydrogens (tertiary/aromatic N) is 3. The molecule has 4 aromatic rings. The second-order valence-corrected chi connectivity index (χ2v) is 9.55. The summed E-state index contributed by atoms with van der Waals surface area (Å²) in [5.41, 5.74) is 1.38. The summed E-state index contributed by atoms with van der Waals surface area (Å²) in [5.74, 6) is -0.561. The number of rotatable bonds is 10. The van der Waals surface area contributed by atoms with Gasteiger partial charge in [0.1, 0.15) is 0 Å². The molecule has 2 amide bonds. The Morgan fingerprint density at radius 3 is 1.60 bits per heavy atom. The van der Waals surface area contributed by atoms with Crippen LogP contribution in [0, 0.1) is 13.8 Å². The zero-order valence-corrected chi connectivity index (χ0v) is 23.0. The highest BCUT2D eigenvalue weighted by molar-refractivity contribution is 5.92. The number of aromatic amines is 2. The SMILES string of the molecule is Cc1cn(CCC(=O)Nc2ccc(/C=N/c3ccc(NC(=O)CCn4cc(C)c(=O)[nH]c4=O)cc3)cc2)c(=O)[nH]c1=O. The lowest BCUT2D eigenvalue weighted by Gasteiger charge is -2.08. The Hall–Kier alpha value is -5.59. The molecule has 2 aromatic heterocycles. The van der Waals surface area contributed by atoms with Crippen LogP contribution in [0.25, 0.3) is 0 Å². The van der Waals surface area contributed by atoms with Crippen molar-refractivity contribution in [3.05, 3.63) is 119 Å². The first-order valence-electron chi connectivity index (χ1n) is 13.0. The molecule has 216 valence electrons. The van der Waals surface area contributed by atoms with Crippen LogP contribution in [0.3, 0.4) is 0 Å². The maximum atomic E-state index is 12.3. The molecule has 0 spiro atoms. The van der Waals surface area contributed by atoms with Crippen molar-refractivity contribution in [3.8, 4) is 0 Å². The Morgan fingerprint density at radius 2 is 1.14 bits per heavy atom. The predicted molar refractivity (Wildman–Crippen MR) is 159 cm³/mol. The third-order valence-electron chi connectivity index (χ3n) is 6.25. The third kappa shape index (κ3) is 7.97. The summed E-state index contributed by atoms with van der Waals surface area (Å²) in [5, 5.41) is 5.53. The van der Waals surface area contributed by atoms with Gasteiger partial charge in [0.25, 0.3) is 11.1 Å². The van der Waals surface area contributed by atoms with Gasteiger partial charge < -0.3 is 10.6 Å². The topological polar surface area (TPSA) is 180 Å². The Labute approximate surface area is 238 Å². The lowest BCUT2D eigenvalue weighted by Crippen LogP contribution is -2.31. The van der Waals surface area contributed by atoms with Crippen molar-refractivity contribution in [2.75, 3.05) is 10.6 Å². The smallest absolute Gasteiger partial charge is 0.326 e. The Morgan fingerprint density at radius 1 is 0.714 bits per heavy atom. The van der Waals surface area contributed by atoms with Crippen molar-refractivity contribution in [3.63, 3.8) is 0 Å². The van der Waals surface area contributed by atoms with E-state index in [0.717, 1.165) is 5.56 Å². The maximum Gasteiger partial charge on any atom is 0.328 e. The van der Waals surface area contributed by atoms with Crippen molar-refractivity contribution in [1.29, 1.82) is 0 Å². The van der Waals surface area contributed by atoms with Crippen molar-refractivity contribution in [2.24, 2.45) is 4.99 Å². The van der Waals surface area contributed by atoms with Crippen LogP contribution in [-0.4, -0.2) is 37.1 Å². The second kappa shape index (κ2) is 13.2. The van der Waals surface area contributed by atoms with Crippen LogP contribution in [0.15, 0.2) is 85.1 Å². The molecular weight excluding hydrogens is 542 g/mol. The minimum Gasteiger partial charge on any atom is -0.326 e. The summed E-state index contributed by atoms with van der Waals surface area (Å²) in [6, 6.07) is 14.0. The first-order chi connectivity index (χ1) is 20.1. The molecule has 13 nitrogen and oxygen atoms in total. The van der Waals surface area contributed by atoms with Crippen LogP contribution in [0.5, 0.6) is 0 Å². The van der Waals surface area contributed by atoms with Gasteiger partial charge in [0.05, 0.1) is 5.69 Å². The summed E-state index contributed by atoms with van der Waals surface area (Å²) in [6.07, 6.45) is 4.62. The lowest BCUT2D eigenvalue weighted by molar-refractivity contribution is -0.117. The summed E-state index contributed by atoms with van der Waals surface area (Å²) >= 11 is 0.